The summed E-state index contributed by atoms with van der Waals surface area (Å²) < 4.78 is 0. The molecule has 0 saturated carbocycles. The molecule has 2 aromatic rings. The first kappa shape index (κ1) is 15.2. The van der Waals surface area contributed by atoms with Gasteiger partial charge in [0.15, 0.2) is 5.78 Å². The van der Waals surface area contributed by atoms with Crippen molar-refractivity contribution in [3.63, 3.8) is 0 Å². The van der Waals surface area contributed by atoms with Crippen LogP contribution in [0.3, 0.4) is 0 Å². The highest BCUT2D eigenvalue weighted by Gasteiger charge is 2.09. The highest BCUT2D eigenvalue weighted by molar-refractivity contribution is 5.97. The van der Waals surface area contributed by atoms with Gasteiger partial charge in [-0.15, -0.1) is 0 Å². The molecule has 0 fully saturated rings. The number of allylic oxidation sites excluding steroid dienone is 1. The van der Waals surface area contributed by atoms with E-state index in [1.54, 1.807) is 0 Å². The molecule has 0 radical (unpaired) electrons. The number of ketones is 1. The zero-order chi connectivity index (χ0) is 15.4. The van der Waals surface area contributed by atoms with Crippen molar-refractivity contribution >= 4 is 11.4 Å². The van der Waals surface area contributed by atoms with Crippen LogP contribution in [0, 0.1) is 13.8 Å². The van der Waals surface area contributed by atoms with Crippen LogP contribution < -0.4 is 0 Å². The van der Waals surface area contributed by atoms with Crippen LogP contribution in [0.1, 0.15) is 46.0 Å². The molecule has 1 nitrogen and oxygen atoms in total. The van der Waals surface area contributed by atoms with Crippen molar-refractivity contribution in [2.75, 3.05) is 0 Å². The van der Waals surface area contributed by atoms with E-state index in [0.717, 1.165) is 23.1 Å². The van der Waals surface area contributed by atoms with Crippen molar-refractivity contribution in [2.24, 2.45) is 0 Å². The Morgan fingerprint density at radius 1 is 1.05 bits per heavy atom. The zero-order valence-electron chi connectivity index (χ0n) is 13.1. The second-order valence-electron chi connectivity index (χ2n) is 5.57. The lowest BCUT2D eigenvalue weighted by Gasteiger charge is -2.10. The number of aryl methyl sites for hydroxylation is 2. The normalized spacial score (nSPS) is 10.4. The molecule has 2 aromatic carbocycles. The first-order valence-electron chi connectivity index (χ1n) is 7.38. The third-order valence-electron chi connectivity index (χ3n) is 3.85. The molecular formula is C20H22O. The molecule has 0 bridgehead atoms. The van der Waals surface area contributed by atoms with Crippen LogP contribution in [-0.2, 0) is 6.42 Å². The Morgan fingerprint density at radius 3 is 2.33 bits per heavy atom. The van der Waals surface area contributed by atoms with Crippen molar-refractivity contribution in [1.29, 1.82) is 0 Å². The second kappa shape index (κ2) is 6.53. The zero-order valence-corrected chi connectivity index (χ0v) is 13.1. The monoisotopic (exact) mass is 278 g/mol. The number of hydrogen-bond donors (Lipinski definition) is 0. The molecule has 0 spiro atoms. The minimum atomic E-state index is 0.159. The second-order valence-corrected chi connectivity index (χ2v) is 5.57. The van der Waals surface area contributed by atoms with Gasteiger partial charge in [-0.1, -0.05) is 61.5 Å². The van der Waals surface area contributed by atoms with Crippen molar-refractivity contribution in [3.8, 4) is 0 Å². The van der Waals surface area contributed by atoms with Gasteiger partial charge in [0, 0.05) is 12.0 Å². The minimum absolute atomic E-state index is 0.159. The molecule has 2 rings (SSSR count). The summed E-state index contributed by atoms with van der Waals surface area (Å²) in [5.74, 6) is 0.159. The standard InChI is InChI=1S/C20H22O/c1-5-15(3)19-12-17(9-8-16(19)4)13-20(21)18-10-6-14(2)7-11-18/h6-12H,3,5,13H2,1-2,4H3. The van der Waals surface area contributed by atoms with E-state index in [2.05, 4.69) is 32.6 Å². The molecule has 0 aromatic heterocycles. The molecule has 0 N–H and O–H groups in total. The van der Waals surface area contributed by atoms with Crippen molar-refractivity contribution in [1.82, 2.24) is 0 Å². The molecular weight excluding hydrogens is 256 g/mol. The predicted molar refractivity (Wildman–Crippen MR) is 89.7 cm³/mol. The Kier molecular flexibility index (Phi) is 4.74. The number of carbonyl (C=O) groups is 1. The summed E-state index contributed by atoms with van der Waals surface area (Å²) in [6.07, 6.45) is 1.36. The van der Waals surface area contributed by atoms with Crippen LogP contribution in [0.4, 0.5) is 0 Å². The van der Waals surface area contributed by atoms with Gasteiger partial charge in [-0.05, 0) is 42.5 Å². The summed E-state index contributed by atoms with van der Waals surface area (Å²) in [5, 5.41) is 0. The van der Waals surface area contributed by atoms with Crippen molar-refractivity contribution in [3.05, 3.63) is 76.9 Å². The molecule has 0 unspecified atom stereocenters. The van der Waals surface area contributed by atoms with Crippen LogP contribution in [-0.4, -0.2) is 5.78 Å². The van der Waals surface area contributed by atoms with Crippen molar-refractivity contribution in [2.45, 2.75) is 33.6 Å². The van der Waals surface area contributed by atoms with E-state index in [0.29, 0.717) is 6.42 Å². The molecule has 0 heterocycles. The third-order valence-corrected chi connectivity index (χ3v) is 3.85. The maximum absolute atomic E-state index is 12.3. The smallest absolute Gasteiger partial charge is 0.167 e. The molecule has 21 heavy (non-hydrogen) atoms. The van der Waals surface area contributed by atoms with E-state index in [4.69, 9.17) is 0 Å². The summed E-state index contributed by atoms with van der Waals surface area (Å²) in [6, 6.07) is 14.0. The minimum Gasteiger partial charge on any atom is -0.294 e. The van der Waals surface area contributed by atoms with Crippen LogP contribution >= 0.6 is 0 Å². The fourth-order valence-electron chi connectivity index (χ4n) is 2.38. The van der Waals surface area contributed by atoms with E-state index in [-0.39, 0.29) is 5.78 Å². The topological polar surface area (TPSA) is 17.1 Å². The van der Waals surface area contributed by atoms with Gasteiger partial charge in [-0.2, -0.15) is 0 Å². The van der Waals surface area contributed by atoms with Gasteiger partial charge in [0.2, 0.25) is 0 Å². The molecule has 108 valence electrons. The fourth-order valence-corrected chi connectivity index (χ4v) is 2.38. The van der Waals surface area contributed by atoms with E-state index in [9.17, 15) is 4.79 Å². The Balaban J connectivity index is 2.21. The quantitative estimate of drug-likeness (QED) is 0.691. The summed E-state index contributed by atoms with van der Waals surface area (Å²) in [7, 11) is 0. The number of hydrogen-bond acceptors (Lipinski definition) is 1. The van der Waals surface area contributed by atoms with Crippen LogP contribution in [0.15, 0.2) is 49.0 Å². The third kappa shape index (κ3) is 3.69. The average molecular weight is 278 g/mol. The van der Waals surface area contributed by atoms with Gasteiger partial charge in [0.25, 0.3) is 0 Å². The highest BCUT2D eigenvalue weighted by Crippen LogP contribution is 2.22. The molecule has 0 amide bonds. The molecule has 0 aliphatic rings. The van der Waals surface area contributed by atoms with Gasteiger partial charge in [-0.25, -0.2) is 0 Å². The highest BCUT2D eigenvalue weighted by atomic mass is 16.1. The summed E-state index contributed by atoms with van der Waals surface area (Å²) in [6.45, 7) is 10.3. The number of Topliss-reactive ketones (excluding diaryl/α,β-unsaturated/α-hetero) is 1. The van der Waals surface area contributed by atoms with Crippen molar-refractivity contribution < 1.29 is 4.79 Å². The van der Waals surface area contributed by atoms with Gasteiger partial charge < -0.3 is 0 Å². The lowest BCUT2D eigenvalue weighted by atomic mass is 9.94. The fraction of sp³-hybridized carbons (Fsp3) is 0.250. The summed E-state index contributed by atoms with van der Waals surface area (Å²) in [4.78, 5) is 12.3. The maximum Gasteiger partial charge on any atom is 0.167 e. The Labute approximate surface area is 127 Å². The van der Waals surface area contributed by atoms with E-state index in [1.807, 2.05) is 37.3 Å². The van der Waals surface area contributed by atoms with Gasteiger partial charge >= 0.3 is 0 Å². The number of carbonyl (C=O) groups excluding carboxylic acids is 1. The largest absolute Gasteiger partial charge is 0.294 e. The first-order valence-corrected chi connectivity index (χ1v) is 7.38. The predicted octanol–water partition coefficient (Wildman–Crippen LogP) is 5.15. The Morgan fingerprint density at radius 2 is 1.71 bits per heavy atom. The van der Waals surface area contributed by atoms with Crippen LogP contribution in [0.25, 0.3) is 5.57 Å². The first-order chi connectivity index (χ1) is 10.0. The lowest BCUT2D eigenvalue weighted by molar-refractivity contribution is 0.0993. The SMILES string of the molecule is C=C(CC)c1cc(CC(=O)c2ccc(C)cc2)ccc1C. The van der Waals surface area contributed by atoms with E-state index < -0.39 is 0 Å². The number of benzene rings is 2. The molecule has 0 saturated heterocycles. The molecule has 0 aliphatic carbocycles. The van der Waals surface area contributed by atoms with E-state index >= 15 is 0 Å². The average Bonchev–Trinajstić information content (AvgIpc) is 2.49. The summed E-state index contributed by atoms with van der Waals surface area (Å²) in [5.41, 5.74) is 6.51. The van der Waals surface area contributed by atoms with Gasteiger partial charge in [-0.3, -0.25) is 4.79 Å². The molecule has 0 aliphatic heterocycles. The van der Waals surface area contributed by atoms with Gasteiger partial charge in [0.05, 0.1) is 0 Å². The maximum atomic E-state index is 12.3. The Bertz CT molecular complexity index is 663. The van der Waals surface area contributed by atoms with Crippen LogP contribution in [0.2, 0.25) is 0 Å². The van der Waals surface area contributed by atoms with E-state index in [1.165, 1.54) is 16.7 Å². The Hall–Kier alpha value is -2.15. The van der Waals surface area contributed by atoms with Crippen LogP contribution in [0.5, 0.6) is 0 Å². The number of rotatable bonds is 5. The molecule has 0 atom stereocenters. The lowest BCUT2D eigenvalue weighted by Crippen LogP contribution is -2.04. The molecule has 1 heteroatoms. The van der Waals surface area contributed by atoms with Gasteiger partial charge in [0.1, 0.15) is 0 Å². The summed E-state index contributed by atoms with van der Waals surface area (Å²) >= 11 is 0.